The fraction of sp³-hybridized carbons (Fsp3) is 0.167. The van der Waals surface area contributed by atoms with Gasteiger partial charge in [0.1, 0.15) is 10.9 Å². The molecule has 3 aromatic rings. The summed E-state index contributed by atoms with van der Waals surface area (Å²) in [5.41, 5.74) is 2.97. The SMILES string of the molecule is CC(C)C1=NN2C(=N)/C(=C\c3cn(Cc4ccc(F)cc4)c4ccccc34)C(=O)N=C2S1. The predicted octanol–water partition coefficient (Wildman–Crippen LogP) is 5.10. The second-order valence-electron chi connectivity index (χ2n) is 7.97. The number of benzene rings is 2. The van der Waals surface area contributed by atoms with Crippen molar-refractivity contribution in [3.8, 4) is 0 Å². The van der Waals surface area contributed by atoms with Crippen molar-refractivity contribution in [3.63, 3.8) is 0 Å². The second kappa shape index (κ2) is 7.87. The summed E-state index contributed by atoms with van der Waals surface area (Å²) >= 11 is 1.33. The van der Waals surface area contributed by atoms with E-state index in [9.17, 15) is 9.18 Å². The summed E-state index contributed by atoms with van der Waals surface area (Å²) < 4.78 is 15.3. The number of para-hydroxylation sites is 1. The molecule has 1 amide bonds. The number of aromatic nitrogens is 1. The normalized spacial score (nSPS) is 17.4. The van der Waals surface area contributed by atoms with Gasteiger partial charge in [-0.1, -0.05) is 44.2 Å². The van der Waals surface area contributed by atoms with Crippen molar-refractivity contribution in [1.82, 2.24) is 9.58 Å². The van der Waals surface area contributed by atoms with Gasteiger partial charge in [0.15, 0.2) is 5.84 Å². The number of carbonyl (C=O) groups excluding carboxylic acids is 1. The maximum absolute atomic E-state index is 13.3. The van der Waals surface area contributed by atoms with Gasteiger partial charge in [-0.15, -0.1) is 0 Å². The van der Waals surface area contributed by atoms with Crippen molar-refractivity contribution >= 4 is 50.7 Å². The molecular weight excluding hydrogens is 425 g/mol. The van der Waals surface area contributed by atoms with Crippen molar-refractivity contribution in [2.45, 2.75) is 20.4 Å². The number of nitrogens with zero attached hydrogens (tertiary/aromatic N) is 4. The van der Waals surface area contributed by atoms with Gasteiger partial charge in [-0.25, -0.2) is 4.39 Å². The number of halogens is 1. The number of hydrogen-bond donors (Lipinski definition) is 1. The Hall–Kier alpha value is -3.52. The standard InChI is InChI=1S/C24H20FN5OS/c1-14(2)23-28-30-21(26)19(22(31)27-24(30)32-23)11-16-13-29(20-6-4-3-5-18(16)20)12-15-7-9-17(25)10-8-15/h3-11,13-14,26H,12H2,1-2H3/b19-11+,26-21?. The van der Waals surface area contributed by atoms with Gasteiger partial charge in [0.05, 0.1) is 5.57 Å². The first kappa shape index (κ1) is 20.4. The molecule has 0 fully saturated rings. The largest absolute Gasteiger partial charge is 0.342 e. The van der Waals surface area contributed by atoms with Crippen LogP contribution in [0.2, 0.25) is 0 Å². The summed E-state index contributed by atoms with van der Waals surface area (Å²) in [6.07, 6.45) is 3.66. The molecule has 0 bridgehead atoms. The zero-order chi connectivity index (χ0) is 22.4. The zero-order valence-corrected chi connectivity index (χ0v) is 18.4. The van der Waals surface area contributed by atoms with Crippen LogP contribution in [0.5, 0.6) is 0 Å². The van der Waals surface area contributed by atoms with Crippen molar-refractivity contribution < 1.29 is 9.18 Å². The highest BCUT2D eigenvalue weighted by Crippen LogP contribution is 2.32. The van der Waals surface area contributed by atoms with E-state index in [0.29, 0.717) is 11.7 Å². The quantitative estimate of drug-likeness (QED) is 0.568. The molecule has 2 aliphatic rings. The van der Waals surface area contributed by atoms with E-state index in [1.165, 1.54) is 28.9 Å². The van der Waals surface area contributed by atoms with Crippen molar-refractivity contribution in [2.75, 3.05) is 0 Å². The molecule has 5 rings (SSSR count). The number of rotatable bonds is 4. The molecule has 6 nitrogen and oxygen atoms in total. The Balaban J connectivity index is 1.55. The van der Waals surface area contributed by atoms with Crippen LogP contribution in [0.3, 0.4) is 0 Å². The van der Waals surface area contributed by atoms with Gasteiger partial charge in [-0.05, 0) is 41.6 Å². The molecule has 2 aromatic carbocycles. The minimum atomic E-state index is -0.440. The van der Waals surface area contributed by atoms with Crippen LogP contribution in [-0.4, -0.2) is 31.5 Å². The summed E-state index contributed by atoms with van der Waals surface area (Å²) in [5.74, 6) is -0.495. The Morgan fingerprint density at radius 3 is 2.66 bits per heavy atom. The summed E-state index contributed by atoms with van der Waals surface area (Å²) in [7, 11) is 0. The highest BCUT2D eigenvalue weighted by Gasteiger charge is 2.36. The van der Waals surface area contributed by atoms with E-state index in [1.807, 2.05) is 44.3 Å². The fourth-order valence-electron chi connectivity index (χ4n) is 3.70. The third-order valence-corrected chi connectivity index (χ3v) is 6.56. The first-order chi connectivity index (χ1) is 15.4. The fourth-order valence-corrected chi connectivity index (χ4v) is 4.60. The van der Waals surface area contributed by atoms with Gasteiger partial charge in [0.2, 0.25) is 5.17 Å². The van der Waals surface area contributed by atoms with E-state index in [-0.39, 0.29) is 23.1 Å². The Labute approximate surface area is 188 Å². The molecule has 3 heterocycles. The lowest BCUT2D eigenvalue weighted by atomic mass is 10.1. The number of thioether (sulfide) groups is 1. The molecule has 0 saturated heterocycles. The lowest BCUT2D eigenvalue weighted by Gasteiger charge is -2.20. The van der Waals surface area contributed by atoms with E-state index in [1.54, 1.807) is 18.2 Å². The lowest BCUT2D eigenvalue weighted by Crippen LogP contribution is -2.35. The summed E-state index contributed by atoms with van der Waals surface area (Å²) in [6.45, 7) is 4.59. The third-order valence-electron chi connectivity index (χ3n) is 5.35. The average molecular weight is 446 g/mol. The molecule has 8 heteroatoms. The van der Waals surface area contributed by atoms with Gasteiger partial charge in [0, 0.05) is 35.1 Å². The monoisotopic (exact) mass is 445 g/mol. The van der Waals surface area contributed by atoms with E-state index in [4.69, 9.17) is 5.41 Å². The first-order valence-electron chi connectivity index (χ1n) is 10.2. The second-order valence-corrected chi connectivity index (χ2v) is 8.96. The molecule has 0 atom stereocenters. The molecule has 0 spiro atoms. The van der Waals surface area contributed by atoms with E-state index in [2.05, 4.69) is 14.7 Å². The van der Waals surface area contributed by atoms with Crippen LogP contribution >= 0.6 is 11.8 Å². The molecule has 1 aromatic heterocycles. The molecule has 1 N–H and O–H groups in total. The van der Waals surface area contributed by atoms with Gasteiger partial charge < -0.3 is 4.57 Å². The average Bonchev–Trinajstić information content (AvgIpc) is 3.35. The number of aliphatic imine (C=N–C) groups is 1. The van der Waals surface area contributed by atoms with Crippen LogP contribution in [0.15, 0.2) is 70.4 Å². The molecule has 160 valence electrons. The van der Waals surface area contributed by atoms with Crippen molar-refractivity contribution in [1.29, 1.82) is 5.41 Å². The van der Waals surface area contributed by atoms with Crippen LogP contribution in [0, 0.1) is 17.1 Å². The molecule has 0 aliphatic carbocycles. The van der Waals surface area contributed by atoms with Crippen LogP contribution in [0.4, 0.5) is 4.39 Å². The number of hydrogen-bond acceptors (Lipinski definition) is 4. The number of amidine groups is 2. The molecule has 0 unspecified atom stereocenters. The number of fused-ring (bicyclic) bond motifs is 2. The smallest absolute Gasteiger partial charge is 0.283 e. The summed E-state index contributed by atoms with van der Waals surface area (Å²) in [4.78, 5) is 16.9. The van der Waals surface area contributed by atoms with Gasteiger partial charge in [0.25, 0.3) is 5.91 Å². The van der Waals surface area contributed by atoms with E-state index >= 15 is 0 Å². The Morgan fingerprint density at radius 2 is 1.91 bits per heavy atom. The lowest BCUT2D eigenvalue weighted by molar-refractivity contribution is -0.114. The highest BCUT2D eigenvalue weighted by atomic mass is 32.2. The maximum atomic E-state index is 13.3. The van der Waals surface area contributed by atoms with Gasteiger partial charge in [-0.2, -0.15) is 15.1 Å². The van der Waals surface area contributed by atoms with E-state index < -0.39 is 5.91 Å². The predicted molar refractivity (Wildman–Crippen MR) is 127 cm³/mol. The first-order valence-corrected chi connectivity index (χ1v) is 11.0. The molecule has 0 radical (unpaired) electrons. The van der Waals surface area contributed by atoms with Gasteiger partial charge in [-0.3, -0.25) is 10.2 Å². The minimum Gasteiger partial charge on any atom is -0.342 e. The van der Waals surface area contributed by atoms with Crippen molar-refractivity contribution in [2.24, 2.45) is 16.0 Å². The Bertz CT molecular complexity index is 1350. The number of hydrazone groups is 1. The molecule has 2 aliphatic heterocycles. The number of nitrogens with one attached hydrogen (secondary N) is 1. The maximum Gasteiger partial charge on any atom is 0.283 e. The molecule has 0 saturated carbocycles. The van der Waals surface area contributed by atoms with E-state index in [0.717, 1.165) is 27.1 Å². The topological polar surface area (TPSA) is 73.8 Å². The molecular formula is C24H20FN5OS. The van der Waals surface area contributed by atoms with Crippen LogP contribution in [0.25, 0.3) is 17.0 Å². The van der Waals surface area contributed by atoms with Crippen molar-refractivity contribution in [3.05, 3.63) is 77.2 Å². The highest BCUT2D eigenvalue weighted by molar-refractivity contribution is 8.27. The minimum absolute atomic E-state index is 0.0264. The van der Waals surface area contributed by atoms with Gasteiger partial charge >= 0.3 is 0 Å². The van der Waals surface area contributed by atoms with Crippen LogP contribution < -0.4 is 0 Å². The summed E-state index contributed by atoms with van der Waals surface area (Å²) in [6, 6.07) is 14.3. The number of carbonyl (C=O) groups is 1. The Morgan fingerprint density at radius 1 is 1.16 bits per heavy atom. The summed E-state index contributed by atoms with van der Waals surface area (Å²) in [5, 5.41) is 16.7. The zero-order valence-electron chi connectivity index (χ0n) is 17.5. The molecule has 32 heavy (non-hydrogen) atoms. The van der Waals surface area contributed by atoms with Crippen LogP contribution in [0.1, 0.15) is 25.0 Å². The van der Waals surface area contributed by atoms with Crippen LogP contribution in [-0.2, 0) is 11.3 Å². The third kappa shape index (κ3) is 3.56. The number of amides is 1. The Kier molecular flexibility index (Phi) is 5.01.